The van der Waals surface area contributed by atoms with Gasteiger partial charge in [-0.05, 0) is 68.3 Å². The molecule has 7 nitrogen and oxygen atoms in total. The Morgan fingerprint density at radius 3 is 2.35 bits per heavy atom. The van der Waals surface area contributed by atoms with Crippen molar-refractivity contribution in [3.8, 4) is 22.8 Å². The van der Waals surface area contributed by atoms with Crippen molar-refractivity contribution in [2.45, 2.75) is 33.4 Å². The molecule has 0 saturated heterocycles. The lowest BCUT2D eigenvalue weighted by Crippen LogP contribution is -2.38. The molecule has 3 rings (SSSR count). The molecule has 0 aliphatic carbocycles. The van der Waals surface area contributed by atoms with Gasteiger partial charge in [0.2, 0.25) is 0 Å². The first kappa shape index (κ1) is 22.1. The molecule has 7 heteroatoms. The Labute approximate surface area is 181 Å². The fourth-order valence-electron chi connectivity index (χ4n) is 3.22. The summed E-state index contributed by atoms with van der Waals surface area (Å²) >= 11 is 0. The molecule has 1 heterocycles. The van der Waals surface area contributed by atoms with Gasteiger partial charge in [-0.25, -0.2) is 4.98 Å². The minimum Gasteiger partial charge on any atom is -0.497 e. The first-order chi connectivity index (χ1) is 14.9. The summed E-state index contributed by atoms with van der Waals surface area (Å²) in [7, 11) is 1.60. The molecule has 0 fully saturated rings. The Balaban J connectivity index is 1.54. The van der Waals surface area contributed by atoms with Crippen LogP contribution in [0, 0.1) is 13.8 Å². The molecule has 0 aliphatic heterocycles. The summed E-state index contributed by atoms with van der Waals surface area (Å²) in [5, 5.41) is 2.80. The smallest absolute Gasteiger partial charge is 0.260 e. The molecule has 3 aromatic rings. The van der Waals surface area contributed by atoms with Crippen LogP contribution in [-0.2, 0) is 11.3 Å². The molecule has 1 amide bonds. The summed E-state index contributed by atoms with van der Waals surface area (Å²) < 4.78 is 12.3. The lowest BCUT2D eigenvalue weighted by molar-refractivity contribution is -0.127. The highest BCUT2D eigenvalue weighted by Crippen LogP contribution is 2.19. The minimum absolute atomic E-state index is 0.186. The van der Waals surface area contributed by atoms with Crippen LogP contribution in [0.15, 0.2) is 59.7 Å². The van der Waals surface area contributed by atoms with Gasteiger partial charge in [0.25, 0.3) is 11.5 Å². The second-order valence-electron chi connectivity index (χ2n) is 7.41. The maximum Gasteiger partial charge on any atom is 0.260 e. The maximum atomic E-state index is 12.4. The summed E-state index contributed by atoms with van der Waals surface area (Å²) in [6.45, 7) is 6.27. The number of hydrogen-bond donors (Lipinski definition) is 1. The van der Waals surface area contributed by atoms with Crippen LogP contribution in [0.2, 0.25) is 0 Å². The Hall–Kier alpha value is -3.61. The van der Waals surface area contributed by atoms with Gasteiger partial charge in [0.1, 0.15) is 11.5 Å². The first-order valence-electron chi connectivity index (χ1n) is 10.1. The number of carbonyl (C=O) groups excluding carboxylic acids is 1. The maximum absolute atomic E-state index is 12.4. The number of rotatable bonds is 8. The average molecular weight is 421 g/mol. The molecule has 1 N–H and O–H groups in total. The molecule has 31 heavy (non-hydrogen) atoms. The molecular formula is C24H27N3O4. The standard InChI is InChI=1S/C24H27N3O4/c1-16-11-17(2)13-21(12-16)31-18(3)24(29)25-9-10-27-15-26-22(14-23(27)28)19-5-7-20(30-4)8-6-19/h5-8,11-15,18H,9-10H2,1-4H3,(H,25,29). The number of carbonyl (C=O) groups is 1. The van der Waals surface area contributed by atoms with E-state index in [1.54, 1.807) is 14.0 Å². The summed E-state index contributed by atoms with van der Waals surface area (Å²) in [5.41, 5.74) is 3.38. The SMILES string of the molecule is COc1ccc(-c2cc(=O)n(CCNC(=O)C(C)Oc3cc(C)cc(C)c3)cn2)cc1. The number of amides is 1. The Morgan fingerprint density at radius 2 is 1.74 bits per heavy atom. The van der Waals surface area contributed by atoms with E-state index in [4.69, 9.17) is 9.47 Å². The van der Waals surface area contributed by atoms with E-state index >= 15 is 0 Å². The molecule has 2 aromatic carbocycles. The van der Waals surface area contributed by atoms with Gasteiger partial charge in [-0.1, -0.05) is 6.07 Å². The second-order valence-corrected chi connectivity index (χ2v) is 7.41. The van der Waals surface area contributed by atoms with E-state index in [-0.39, 0.29) is 11.5 Å². The molecular weight excluding hydrogens is 394 g/mol. The van der Waals surface area contributed by atoms with Gasteiger partial charge in [-0.3, -0.25) is 14.2 Å². The van der Waals surface area contributed by atoms with Crippen molar-refractivity contribution < 1.29 is 14.3 Å². The van der Waals surface area contributed by atoms with Crippen LogP contribution in [0.5, 0.6) is 11.5 Å². The highest BCUT2D eigenvalue weighted by atomic mass is 16.5. The minimum atomic E-state index is -0.645. The van der Waals surface area contributed by atoms with Gasteiger partial charge in [-0.2, -0.15) is 0 Å². The molecule has 0 aliphatic rings. The van der Waals surface area contributed by atoms with Crippen LogP contribution in [0.3, 0.4) is 0 Å². The van der Waals surface area contributed by atoms with Crippen molar-refractivity contribution in [1.29, 1.82) is 0 Å². The predicted molar refractivity (Wildman–Crippen MR) is 120 cm³/mol. The molecule has 1 aromatic heterocycles. The summed E-state index contributed by atoms with van der Waals surface area (Å²) in [4.78, 5) is 29.1. The first-order valence-corrected chi connectivity index (χ1v) is 10.1. The highest BCUT2D eigenvalue weighted by molar-refractivity contribution is 5.80. The van der Waals surface area contributed by atoms with Gasteiger partial charge in [0, 0.05) is 24.7 Å². The quantitative estimate of drug-likeness (QED) is 0.604. The third-order valence-electron chi connectivity index (χ3n) is 4.79. The Kier molecular flexibility index (Phi) is 7.07. The Morgan fingerprint density at radius 1 is 1.06 bits per heavy atom. The average Bonchev–Trinajstić information content (AvgIpc) is 2.74. The molecule has 162 valence electrons. The summed E-state index contributed by atoms with van der Waals surface area (Å²) in [5.74, 6) is 1.16. The van der Waals surface area contributed by atoms with Crippen LogP contribution in [0.4, 0.5) is 0 Å². The Bertz CT molecular complexity index is 1090. The number of hydrogen-bond acceptors (Lipinski definition) is 5. The van der Waals surface area contributed by atoms with Crippen LogP contribution in [-0.4, -0.2) is 35.2 Å². The molecule has 1 atom stereocenters. The lowest BCUT2D eigenvalue weighted by atomic mass is 10.1. The normalized spacial score (nSPS) is 11.6. The third kappa shape index (κ3) is 5.94. The van der Waals surface area contributed by atoms with Crippen LogP contribution < -0.4 is 20.3 Å². The van der Waals surface area contributed by atoms with E-state index in [2.05, 4.69) is 10.3 Å². The fraction of sp³-hybridized carbons (Fsp3) is 0.292. The van der Waals surface area contributed by atoms with Gasteiger partial charge in [0.15, 0.2) is 6.10 Å². The third-order valence-corrected chi connectivity index (χ3v) is 4.79. The van der Waals surface area contributed by atoms with Gasteiger partial charge in [0.05, 0.1) is 19.1 Å². The number of methoxy groups -OCH3 is 1. The lowest BCUT2D eigenvalue weighted by Gasteiger charge is -2.16. The highest BCUT2D eigenvalue weighted by Gasteiger charge is 2.14. The van der Waals surface area contributed by atoms with E-state index < -0.39 is 6.10 Å². The zero-order valence-corrected chi connectivity index (χ0v) is 18.2. The van der Waals surface area contributed by atoms with Gasteiger partial charge in [-0.15, -0.1) is 0 Å². The van der Waals surface area contributed by atoms with Crippen molar-refractivity contribution in [2.75, 3.05) is 13.7 Å². The fourth-order valence-corrected chi connectivity index (χ4v) is 3.22. The molecule has 0 saturated carbocycles. The van der Waals surface area contributed by atoms with Gasteiger partial charge < -0.3 is 14.8 Å². The van der Waals surface area contributed by atoms with Crippen LogP contribution in [0.1, 0.15) is 18.1 Å². The number of aryl methyl sites for hydroxylation is 2. The van der Waals surface area contributed by atoms with Crippen molar-refractivity contribution in [3.05, 3.63) is 76.3 Å². The largest absolute Gasteiger partial charge is 0.497 e. The van der Waals surface area contributed by atoms with Crippen molar-refractivity contribution >= 4 is 5.91 Å². The van der Waals surface area contributed by atoms with E-state index in [1.807, 2.05) is 56.3 Å². The topological polar surface area (TPSA) is 82.5 Å². The molecule has 0 radical (unpaired) electrons. The zero-order chi connectivity index (χ0) is 22.4. The van der Waals surface area contributed by atoms with E-state index in [9.17, 15) is 9.59 Å². The predicted octanol–water partition coefficient (Wildman–Crippen LogP) is 3.12. The van der Waals surface area contributed by atoms with E-state index in [1.165, 1.54) is 17.0 Å². The van der Waals surface area contributed by atoms with Crippen LogP contribution in [0.25, 0.3) is 11.3 Å². The van der Waals surface area contributed by atoms with E-state index in [0.29, 0.717) is 24.5 Å². The number of aromatic nitrogens is 2. The number of ether oxygens (including phenoxy) is 2. The van der Waals surface area contributed by atoms with Crippen molar-refractivity contribution in [3.63, 3.8) is 0 Å². The van der Waals surface area contributed by atoms with Crippen molar-refractivity contribution in [2.24, 2.45) is 0 Å². The second kappa shape index (κ2) is 9.93. The van der Waals surface area contributed by atoms with E-state index in [0.717, 1.165) is 22.4 Å². The number of benzene rings is 2. The summed E-state index contributed by atoms with van der Waals surface area (Å²) in [6, 6.07) is 14.7. The number of nitrogens with zero attached hydrogens (tertiary/aromatic N) is 2. The van der Waals surface area contributed by atoms with Crippen LogP contribution >= 0.6 is 0 Å². The zero-order valence-electron chi connectivity index (χ0n) is 18.2. The monoisotopic (exact) mass is 421 g/mol. The molecule has 0 spiro atoms. The number of nitrogens with one attached hydrogen (secondary N) is 1. The molecule has 1 unspecified atom stereocenters. The summed E-state index contributed by atoms with van der Waals surface area (Å²) in [6.07, 6.45) is 0.845. The van der Waals surface area contributed by atoms with Gasteiger partial charge >= 0.3 is 0 Å². The van der Waals surface area contributed by atoms with Crippen molar-refractivity contribution in [1.82, 2.24) is 14.9 Å². The molecule has 0 bridgehead atoms.